The van der Waals surface area contributed by atoms with Gasteiger partial charge in [-0.2, -0.15) is 5.26 Å². The van der Waals surface area contributed by atoms with Gasteiger partial charge >= 0.3 is 0 Å². The van der Waals surface area contributed by atoms with E-state index in [0.717, 1.165) is 31.4 Å². The second-order valence-electron chi connectivity index (χ2n) is 5.45. The molecule has 0 saturated carbocycles. The standard InChI is InChI=1S/C15H21N3O3/c1-10-11(2)21-15(13(10)7-16)17-14(20)8-18-6-4-3-5-12(18)9-19/h12,19H,3-6,8-9H2,1-2H3,(H,17,20). The number of nitrogens with zero attached hydrogens (tertiary/aromatic N) is 2. The van der Waals surface area contributed by atoms with Crippen LogP contribution in [0.4, 0.5) is 5.88 Å². The fraction of sp³-hybridized carbons (Fsp3) is 0.600. The number of hydrogen-bond donors (Lipinski definition) is 2. The number of hydrogen-bond acceptors (Lipinski definition) is 5. The molecule has 0 aromatic carbocycles. The van der Waals surface area contributed by atoms with Crippen LogP contribution >= 0.6 is 0 Å². The lowest BCUT2D eigenvalue weighted by Crippen LogP contribution is -2.45. The van der Waals surface area contributed by atoms with Crippen molar-refractivity contribution in [2.45, 2.75) is 39.2 Å². The number of nitriles is 1. The summed E-state index contributed by atoms with van der Waals surface area (Å²) in [4.78, 5) is 14.1. The Morgan fingerprint density at radius 2 is 2.29 bits per heavy atom. The van der Waals surface area contributed by atoms with E-state index >= 15 is 0 Å². The van der Waals surface area contributed by atoms with Crippen LogP contribution in [-0.2, 0) is 4.79 Å². The molecule has 0 bridgehead atoms. The van der Waals surface area contributed by atoms with Gasteiger partial charge in [-0.05, 0) is 33.2 Å². The first kappa shape index (κ1) is 15.5. The van der Waals surface area contributed by atoms with Crippen LogP contribution in [0.2, 0.25) is 0 Å². The molecular weight excluding hydrogens is 270 g/mol. The van der Waals surface area contributed by atoms with Crippen molar-refractivity contribution < 1.29 is 14.3 Å². The van der Waals surface area contributed by atoms with Crippen LogP contribution in [0.15, 0.2) is 4.42 Å². The first-order valence-corrected chi connectivity index (χ1v) is 7.21. The molecule has 1 aromatic heterocycles. The first-order chi connectivity index (χ1) is 10.1. The Hall–Kier alpha value is -1.84. The molecule has 1 aliphatic heterocycles. The molecule has 2 N–H and O–H groups in total. The Labute approximate surface area is 124 Å². The van der Waals surface area contributed by atoms with E-state index in [2.05, 4.69) is 11.4 Å². The van der Waals surface area contributed by atoms with Crippen molar-refractivity contribution in [3.63, 3.8) is 0 Å². The molecule has 1 unspecified atom stereocenters. The van der Waals surface area contributed by atoms with Crippen LogP contribution in [0, 0.1) is 25.2 Å². The third-order valence-corrected chi connectivity index (χ3v) is 4.06. The topological polar surface area (TPSA) is 89.5 Å². The summed E-state index contributed by atoms with van der Waals surface area (Å²) >= 11 is 0. The zero-order valence-corrected chi connectivity index (χ0v) is 12.5. The second-order valence-corrected chi connectivity index (χ2v) is 5.45. The van der Waals surface area contributed by atoms with Crippen LogP contribution in [0.25, 0.3) is 0 Å². The molecule has 1 aromatic rings. The van der Waals surface area contributed by atoms with Gasteiger partial charge in [0.2, 0.25) is 11.8 Å². The highest BCUT2D eigenvalue weighted by Crippen LogP contribution is 2.25. The lowest BCUT2D eigenvalue weighted by molar-refractivity contribution is -0.118. The number of likely N-dealkylation sites (tertiary alicyclic amines) is 1. The summed E-state index contributed by atoms with van der Waals surface area (Å²) < 4.78 is 5.43. The van der Waals surface area contributed by atoms with E-state index in [1.54, 1.807) is 13.8 Å². The van der Waals surface area contributed by atoms with Crippen molar-refractivity contribution in [2.75, 3.05) is 25.0 Å². The van der Waals surface area contributed by atoms with Crippen molar-refractivity contribution >= 4 is 11.8 Å². The number of rotatable bonds is 4. The number of nitrogens with one attached hydrogen (secondary N) is 1. The summed E-state index contributed by atoms with van der Waals surface area (Å²) in [6.07, 6.45) is 3.02. The molecule has 0 spiro atoms. The van der Waals surface area contributed by atoms with Gasteiger partial charge in [0.05, 0.1) is 13.2 Å². The number of furan rings is 1. The number of aliphatic hydroxyl groups is 1. The summed E-state index contributed by atoms with van der Waals surface area (Å²) in [6.45, 7) is 4.63. The molecule has 114 valence electrons. The number of aliphatic hydroxyl groups excluding tert-OH is 1. The Morgan fingerprint density at radius 1 is 1.52 bits per heavy atom. The number of carbonyl (C=O) groups excluding carboxylic acids is 1. The molecule has 1 aliphatic rings. The van der Waals surface area contributed by atoms with E-state index in [0.29, 0.717) is 11.3 Å². The molecular formula is C15H21N3O3. The minimum absolute atomic E-state index is 0.0417. The molecule has 1 fully saturated rings. The third-order valence-electron chi connectivity index (χ3n) is 4.06. The van der Waals surface area contributed by atoms with E-state index in [-0.39, 0.29) is 31.0 Å². The monoisotopic (exact) mass is 291 g/mol. The Kier molecular flexibility index (Phi) is 4.99. The van der Waals surface area contributed by atoms with E-state index in [1.165, 1.54) is 0 Å². The van der Waals surface area contributed by atoms with Gasteiger partial charge in [-0.25, -0.2) is 0 Å². The van der Waals surface area contributed by atoms with Crippen molar-refractivity contribution in [1.29, 1.82) is 5.26 Å². The molecule has 2 heterocycles. The zero-order valence-electron chi connectivity index (χ0n) is 12.5. The largest absolute Gasteiger partial charge is 0.444 e. The normalized spacial score (nSPS) is 19.2. The van der Waals surface area contributed by atoms with Gasteiger partial charge in [-0.3, -0.25) is 15.0 Å². The minimum Gasteiger partial charge on any atom is -0.444 e. The molecule has 1 saturated heterocycles. The maximum Gasteiger partial charge on any atom is 0.240 e. The predicted octanol–water partition coefficient (Wildman–Crippen LogP) is 1.55. The van der Waals surface area contributed by atoms with Gasteiger partial charge in [0, 0.05) is 11.6 Å². The minimum atomic E-state index is -0.222. The lowest BCUT2D eigenvalue weighted by atomic mass is 10.0. The Morgan fingerprint density at radius 3 is 2.95 bits per heavy atom. The summed E-state index contributed by atoms with van der Waals surface area (Å²) in [5, 5.41) is 21.1. The fourth-order valence-electron chi connectivity index (χ4n) is 2.68. The highest BCUT2D eigenvalue weighted by Gasteiger charge is 2.24. The van der Waals surface area contributed by atoms with Crippen LogP contribution in [0.3, 0.4) is 0 Å². The average molecular weight is 291 g/mol. The summed E-state index contributed by atoms with van der Waals surface area (Å²) in [6, 6.07) is 2.09. The number of aryl methyl sites for hydroxylation is 1. The predicted molar refractivity (Wildman–Crippen MR) is 77.8 cm³/mol. The molecule has 1 amide bonds. The van der Waals surface area contributed by atoms with Crippen LogP contribution in [0.5, 0.6) is 0 Å². The van der Waals surface area contributed by atoms with Gasteiger partial charge in [0.15, 0.2) is 0 Å². The molecule has 21 heavy (non-hydrogen) atoms. The maximum absolute atomic E-state index is 12.1. The third kappa shape index (κ3) is 3.43. The highest BCUT2D eigenvalue weighted by atomic mass is 16.4. The molecule has 6 heteroatoms. The number of anilines is 1. The van der Waals surface area contributed by atoms with E-state index < -0.39 is 0 Å². The maximum atomic E-state index is 12.1. The molecule has 0 radical (unpaired) electrons. The molecule has 0 aliphatic carbocycles. The first-order valence-electron chi connectivity index (χ1n) is 7.21. The van der Waals surface area contributed by atoms with Gasteiger partial charge < -0.3 is 9.52 Å². The zero-order chi connectivity index (χ0) is 15.4. The highest BCUT2D eigenvalue weighted by molar-refractivity contribution is 5.92. The van der Waals surface area contributed by atoms with Crippen LogP contribution in [-0.4, -0.2) is 41.7 Å². The summed E-state index contributed by atoms with van der Waals surface area (Å²) in [5.41, 5.74) is 1.12. The second kappa shape index (κ2) is 6.74. The fourth-order valence-corrected chi connectivity index (χ4v) is 2.68. The van der Waals surface area contributed by atoms with Crippen LogP contribution in [0.1, 0.15) is 36.1 Å². The number of amides is 1. The SMILES string of the molecule is Cc1oc(NC(=O)CN2CCCCC2CO)c(C#N)c1C. The summed E-state index contributed by atoms with van der Waals surface area (Å²) in [7, 11) is 0. The van der Waals surface area contributed by atoms with Gasteiger partial charge in [-0.15, -0.1) is 0 Å². The average Bonchev–Trinajstić information content (AvgIpc) is 2.73. The van der Waals surface area contributed by atoms with Crippen LogP contribution < -0.4 is 5.32 Å². The van der Waals surface area contributed by atoms with E-state index in [4.69, 9.17) is 9.68 Å². The number of piperidine rings is 1. The van der Waals surface area contributed by atoms with Crippen molar-refractivity contribution in [3.8, 4) is 6.07 Å². The summed E-state index contributed by atoms with van der Waals surface area (Å²) in [5.74, 6) is 0.628. The molecule has 2 rings (SSSR count). The van der Waals surface area contributed by atoms with E-state index in [9.17, 15) is 9.90 Å². The van der Waals surface area contributed by atoms with Crippen molar-refractivity contribution in [3.05, 3.63) is 16.9 Å². The van der Waals surface area contributed by atoms with Crippen molar-refractivity contribution in [1.82, 2.24) is 4.90 Å². The Balaban J connectivity index is 2.02. The quantitative estimate of drug-likeness (QED) is 0.878. The van der Waals surface area contributed by atoms with Gasteiger partial charge in [0.1, 0.15) is 17.4 Å². The Bertz CT molecular complexity index is 559. The van der Waals surface area contributed by atoms with Gasteiger partial charge in [0.25, 0.3) is 0 Å². The van der Waals surface area contributed by atoms with E-state index in [1.807, 2.05) is 4.90 Å². The molecule has 6 nitrogen and oxygen atoms in total. The number of carbonyl (C=O) groups is 1. The smallest absolute Gasteiger partial charge is 0.240 e. The van der Waals surface area contributed by atoms with Gasteiger partial charge in [-0.1, -0.05) is 6.42 Å². The van der Waals surface area contributed by atoms with Crippen molar-refractivity contribution in [2.24, 2.45) is 0 Å². The molecule has 1 atom stereocenters. The lowest BCUT2D eigenvalue weighted by Gasteiger charge is -2.33.